The van der Waals surface area contributed by atoms with E-state index in [0.29, 0.717) is 34.3 Å². The molecule has 0 saturated heterocycles. The molecule has 1 N–H and O–H groups in total. The number of rotatable bonds is 8. The van der Waals surface area contributed by atoms with Crippen LogP contribution in [-0.4, -0.2) is 29.9 Å². The van der Waals surface area contributed by atoms with Crippen molar-refractivity contribution in [3.05, 3.63) is 81.2 Å². The van der Waals surface area contributed by atoms with Gasteiger partial charge >= 0.3 is 11.6 Å². The van der Waals surface area contributed by atoms with Gasteiger partial charge in [-0.3, -0.25) is 4.79 Å². The Hall–Kier alpha value is -3.06. The summed E-state index contributed by atoms with van der Waals surface area (Å²) in [5.41, 5.74) is 3.05. The van der Waals surface area contributed by atoms with Crippen LogP contribution in [0.2, 0.25) is 0 Å². The first-order chi connectivity index (χ1) is 16.1. The molecular weight excluding hydrogens is 450 g/mol. The molecule has 1 atom stereocenters. The first-order valence-corrected chi connectivity index (χ1v) is 12.6. The third-order valence-electron chi connectivity index (χ3n) is 5.57. The number of thioether (sulfide) groups is 1. The van der Waals surface area contributed by atoms with Crippen LogP contribution in [0.15, 0.2) is 57.7 Å². The minimum Gasteiger partial charge on any atom is -0.459 e. The van der Waals surface area contributed by atoms with Crippen molar-refractivity contribution in [1.29, 1.82) is 0 Å². The van der Waals surface area contributed by atoms with Crippen LogP contribution in [0.25, 0.3) is 11.0 Å². The van der Waals surface area contributed by atoms with E-state index in [-0.39, 0.29) is 17.9 Å². The summed E-state index contributed by atoms with van der Waals surface area (Å²) in [6, 6.07) is 13.4. The number of ether oxygens (including phenoxy) is 1. The summed E-state index contributed by atoms with van der Waals surface area (Å²) in [5.74, 6) is -0.188. The van der Waals surface area contributed by atoms with Gasteiger partial charge in [0.2, 0.25) is 0 Å². The van der Waals surface area contributed by atoms with Crippen LogP contribution in [0.3, 0.4) is 0 Å². The number of hydrogen-bond donors (Lipinski definition) is 1. The van der Waals surface area contributed by atoms with E-state index >= 15 is 0 Å². The standard InChI is InChI=1S/C27H31NO5S/c1-17-6-11-21-19(15-24(29)33-23(21)14-17)16-32-26(31)22(12-13-34-5)28-25(30)18-7-9-20(10-8-18)27(2,3)4/h6-11,14-15,22H,12-13,16H2,1-5H3,(H,28,30). The summed E-state index contributed by atoms with van der Waals surface area (Å²) < 4.78 is 10.8. The predicted molar refractivity (Wildman–Crippen MR) is 136 cm³/mol. The van der Waals surface area contributed by atoms with Crippen molar-refractivity contribution in [2.45, 2.75) is 52.2 Å². The molecule has 3 aromatic rings. The van der Waals surface area contributed by atoms with Gasteiger partial charge in [0.1, 0.15) is 18.2 Å². The lowest BCUT2D eigenvalue weighted by atomic mass is 9.86. The summed E-state index contributed by atoms with van der Waals surface area (Å²) in [5, 5.41) is 3.52. The smallest absolute Gasteiger partial charge is 0.336 e. The number of amides is 1. The molecule has 180 valence electrons. The lowest BCUT2D eigenvalue weighted by molar-refractivity contribution is -0.147. The Balaban J connectivity index is 1.73. The predicted octanol–water partition coefficient (Wildman–Crippen LogP) is 4.99. The molecule has 1 unspecified atom stereocenters. The minimum absolute atomic E-state index is 0.0166. The maximum Gasteiger partial charge on any atom is 0.336 e. The molecule has 7 heteroatoms. The first kappa shape index (κ1) is 25.6. The van der Waals surface area contributed by atoms with Gasteiger partial charge in [0.15, 0.2) is 0 Å². The summed E-state index contributed by atoms with van der Waals surface area (Å²) in [6.45, 7) is 8.14. The van der Waals surface area contributed by atoms with Gasteiger partial charge in [-0.2, -0.15) is 11.8 Å². The quantitative estimate of drug-likeness (QED) is 0.360. The van der Waals surface area contributed by atoms with Gasteiger partial charge in [-0.25, -0.2) is 9.59 Å². The van der Waals surface area contributed by atoms with Crippen LogP contribution >= 0.6 is 11.8 Å². The number of carbonyl (C=O) groups is 2. The van der Waals surface area contributed by atoms with E-state index in [9.17, 15) is 14.4 Å². The van der Waals surface area contributed by atoms with E-state index in [1.165, 1.54) is 6.07 Å². The van der Waals surface area contributed by atoms with Crippen LogP contribution in [0, 0.1) is 6.92 Å². The molecule has 34 heavy (non-hydrogen) atoms. The van der Waals surface area contributed by atoms with E-state index in [2.05, 4.69) is 26.1 Å². The largest absolute Gasteiger partial charge is 0.459 e. The van der Waals surface area contributed by atoms with Crippen molar-refractivity contribution in [2.24, 2.45) is 0 Å². The van der Waals surface area contributed by atoms with E-state index in [4.69, 9.17) is 9.15 Å². The molecule has 0 fully saturated rings. The van der Waals surface area contributed by atoms with Crippen LogP contribution in [0.1, 0.15) is 54.2 Å². The highest BCUT2D eigenvalue weighted by Gasteiger charge is 2.23. The van der Waals surface area contributed by atoms with Gasteiger partial charge in [-0.15, -0.1) is 0 Å². The molecule has 1 amide bonds. The Morgan fingerprint density at radius 1 is 1.09 bits per heavy atom. The molecule has 1 heterocycles. The average molecular weight is 482 g/mol. The number of esters is 1. The molecule has 0 aliphatic heterocycles. The second-order valence-electron chi connectivity index (χ2n) is 9.33. The number of fused-ring (bicyclic) bond motifs is 1. The molecule has 3 rings (SSSR count). The zero-order valence-corrected chi connectivity index (χ0v) is 21.1. The monoisotopic (exact) mass is 481 g/mol. The second-order valence-corrected chi connectivity index (χ2v) is 10.3. The van der Waals surface area contributed by atoms with Crippen molar-refractivity contribution in [3.63, 3.8) is 0 Å². The lowest BCUT2D eigenvalue weighted by Crippen LogP contribution is -2.42. The van der Waals surface area contributed by atoms with Crippen LogP contribution in [0.5, 0.6) is 0 Å². The van der Waals surface area contributed by atoms with Gasteiger partial charge in [-0.1, -0.05) is 45.0 Å². The Morgan fingerprint density at radius 3 is 2.44 bits per heavy atom. The van der Waals surface area contributed by atoms with Crippen LogP contribution in [0.4, 0.5) is 0 Å². The van der Waals surface area contributed by atoms with E-state index in [0.717, 1.165) is 11.1 Å². The lowest BCUT2D eigenvalue weighted by Gasteiger charge is -2.20. The molecule has 2 aromatic carbocycles. The fourth-order valence-corrected chi connectivity index (χ4v) is 4.03. The summed E-state index contributed by atoms with van der Waals surface area (Å²) in [6.07, 6.45) is 2.37. The molecule has 0 radical (unpaired) electrons. The number of benzene rings is 2. The molecule has 6 nitrogen and oxygen atoms in total. The van der Waals surface area contributed by atoms with Gasteiger partial charge < -0.3 is 14.5 Å². The molecular formula is C27H31NO5S. The fourth-order valence-electron chi connectivity index (χ4n) is 3.55. The molecule has 0 spiro atoms. The van der Waals surface area contributed by atoms with E-state index in [1.807, 2.05) is 37.4 Å². The Morgan fingerprint density at radius 2 is 1.79 bits per heavy atom. The Labute approximate surface area is 204 Å². The maximum atomic E-state index is 12.9. The second kappa shape index (κ2) is 10.9. The van der Waals surface area contributed by atoms with Gasteiger partial charge in [0.05, 0.1) is 0 Å². The summed E-state index contributed by atoms with van der Waals surface area (Å²) >= 11 is 1.58. The van der Waals surface area contributed by atoms with Crippen LogP contribution in [-0.2, 0) is 21.6 Å². The Kier molecular flexibility index (Phi) is 8.20. The number of carbonyl (C=O) groups excluding carboxylic acids is 2. The highest BCUT2D eigenvalue weighted by atomic mass is 32.2. The summed E-state index contributed by atoms with van der Waals surface area (Å²) in [4.78, 5) is 37.7. The third-order valence-corrected chi connectivity index (χ3v) is 6.21. The number of hydrogen-bond acceptors (Lipinski definition) is 6. The van der Waals surface area contributed by atoms with Crippen molar-refractivity contribution in [3.8, 4) is 0 Å². The summed E-state index contributed by atoms with van der Waals surface area (Å²) in [7, 11) is 0. The molecule has 0 aliphatic carbocycles. The highest BCUT2D eigenvalue weighted by Crippen LogP contribution is 2.22. The SMILES string of the molecule is CSCCC(NC(=O)c1ccc(C(C)(C)C)cc1)C(=O)OCc1cc(=O)oc2cc(C)ccc12. The molecule has 0 bridgehead atoms. The van der Waals surface area contributed by atoms with E-state index in [1.54, 1.807) is 30.0 Å². The Bertz CT molecular complexity index is 1220. The van der Waals surface area contributed by atoms with Crippen molar-refractivity contribution < 1.29 is 18.7 Å². The molecule has 0 aliphatic rings. The molecule has 0 saturated carbocycles. The highest BCUT2D eigenvalue weighted by molar-refractivity contribution is 7.98. The van der Waals surface area contributed by atoms with Gasteiger partial charge in [0.25, 0.3) is 5.91 Å². The normalized spacial score (nSPS) is 12.4. The number of nitrogens with one attached hydrogen (secondary N) is 1. The van der Waals surface area contributed by atoms with Gasteiger partial charge in [-0.05, 0) is 60.1 Å². The third kappa shape index (κ3) is 6.50. The zero-order chi connectivity index (χ0) is 24.9. The van der Waals surface area contributed by atoms with Crippen molar-refractivity contribution >= 4 is 34.6 Å². The van der Waals surface area contributed by atoms with Crippen molar-refractivity contribution in [1.82, 2.24) is 5.32 Å². The minimum atomic E-state index is -0.795. The topological polar surface area (TPSA) is 85.6 Å². The van der Waals surface area contributed by atoms with E-state index < -0.39 is 17.6 Å². The number of aryl methyl sites for hydroxylation is 1. The maximum absolute atomic E-state index is 12.9. The zero-order valence-electron chi connectivity index (χ0n) is 20.3. The fraction of sp³-hybridized carbons (Fsp3) is 0.370. The van der Waals surface area contributed by atoms with Crippen LogP contribution < -0.4 is 10.9 Å². The van der Waals surface area contributed by atoms with Crippen molar-refractivity contribution in [2.75, 3.05) is 12.0 Å². The first-order valence-electron chi connectivity index (χ1n) is 11.2. The van der Waals surface area contributed by atoms with Gasteiger partial charge in [0, 0.05) is 22.6 Å². The molecule has 1 aromatic heterocycles. The average Bonchev–Trinajstić information content (AvgIpc) is 2.78.